The minimum absolute atomic E-state index is 0.0773. The van der Waals surface area contributed by atoms with Gasteiger partial charge in [-0.25, -0.2) is 0 Å². The highest BCUT2D eigenvalue weighted by molar-refractivity contribution is 5.84. The second-order valence-electron chi connectivity index (χ2n) is 3.24. The van der Waals surface area contributed by atoms with Crippen molar-refractivity contribution in [1.29, 1.82) is 0 Å². The molecule has 1 radical (unpaired) electrons. The fraction of sp³-hybridized carbons (Fsp3) is 0.250. The van der Waals surface area contributed by atoms with Gasteiger partial charge in [-0.2, -0.15) is 0 Å². The number of para-hydroxylation sites is 1. The van der Waals surface area contributed by atoms with E-state index in [9.17, 15) is 14.7 Å². The molecule has 16 heavy (non-hydrogen) atoms. The highest BCUT2D eigenvalue weighted by Crippen LogP contribution is 2.29. The maximum absolute atomic E-state index is 11.3. The number of hydrogen-bond donors (Lipinski definition) is 1. The van der Waals surface area contributed by atoms with E-state index in [1.165, 1.54) is 18.2 Å². The van der Waals surface area contributed by atoms with Crippen LogP contribution in [0.25, 0.3) is 0 Å². The van der Waals surface area contributed by atoms with Crippen molar-refractivity contribution in [2.45, 2.75) is 19.3 Å². The van der Waals surface area contributed by atoms with Gasteiger partial charge in [0.05, 0.1) is 5.56 Å². The van der Waals surface area contributed by atoms with E-state index in [2.05, 4.69) is 6.92 Å². The van der Waals surface area contributed by atoms with Gasteiger partial charge in [-0.1, -0.05) is 19.4 Å². The molecule has 0 unspecified atom stereocenters. The minimum atomic E-state index is -0.478. The lowest BCUT2D eigenvalue weighted by atomic mass is 10.2. The van der Waals surface area contributed by atoms with Crippen LogP contribution in [0.1, 0.15) is 29.6 Å². The third kappa shape index (κ3) is 3.08. The molecule has 0 atom stereocenters. The van der Waals surface area contributed by atoms with Gasteiger partial charge >= 0.3 is 5.97 Å². The first-order valence-electron chi connectivity index (χ1n) is 4.96. The maximum atomic E-state index is 11.3. The van der Waals surface area contributed by atoms with Crippen LogP contribution in [0.2, 0.25) is 0 Å². The molecule has 0 aliphatic rings. The molecule has 85 valence electrons. The average molecular weight is 221 g/mol. The van der Waals surface area contributed by atoms with Gasteiger partial charge in [-0.3, -0.25) is 9.59 Å². The van der Waals surface area contributed by atoms with Crippen LogP contribution >= 0.6 is 0 Å². The van der Waals surface area contributed by atoms with Crippen molar-refractivity contribution in [2.24, 2.45) is 0 Å². The maximum Gasteiger partial charge on any atom is 0.311 e. The van der Waals surface area contributed by atoms with Crippen LogP contribution in [-0.2, 0) is 4.79 Å². The Kier molecular flexibility index (Phi) is 4.51. The van der Waals surface area contributed by atoms with E-state index < -0.39 is 5.97 Å². The Hall–Kier alpha value is -1.84. The van der Waals surface area contributed by atoms with Crippen LogP contribution in [0.5, 0.6) is 11.5 Å². The van der Waals surface area contributed by atoms with E-state index in [-0.39, 0.29) is 23.5 Å². The molecule has 0 amide bonds. The van der Waals surface area contributed by atoms with Gasteiger partial charge in [-0.05, 0) is 18.6 Å². The van der Waals surface area contributed by atoms with Crippen molar-refractivity contribution < 1.29 is 19.4 Å². The van der Waals surface area contributed by atoms with E-state index in [1.807, 2.05) is 0 Å². The Morgan fingerprint density at radius 3 is 2.88 bits per heavy atom. The van der Waals surface area contributed by atoms with Gasteiger partial charge in [-0.15, -0.1) is 0 Å². The number of ether oxygens (including phenoxy) is 1. The lowest BCUT2D eigenvalue weighted by Gasteiger charge is -2.07. The number of hydrogen-bond acceptors (Lipinski definition) is 4. The molecule has 4 nitrogen and oxygen atoms in total. The predicted octanol–water partition coefficient (Wildman–Crippen LogP) is 2.11. The lowest BCUT2D eigenvalue weighted by molar-refractivity contribution is -0.134. The molecule has 0 aromatic heterocycles. The third-order valence-electron chi connectivity index (χ3n) is 2.00. The molecular weight excluding hydrogens is 208 g/mol. The van der Waals surface area contributed by atoms with E-state index in [0.29, 0.717) is 19.1 Å². The molecule has 0 aliphatic carbocycles. The molecule has 0 saturated carbocycles. The monoisotopic (exact) mass is 221 g/mol. The molecule has 1 N–H and O–H groups in total. The Balaban J connectivity index is 2.79. The molecule has 1 rings (SSSR count). The summed E-state index contributed by atoms with van der Waals surface area (Å²) in [6, 6.07) is 4.33. The van der Waals surface area contributed by atoms with Crippen molar-refractivity contribution >= 4 is 12.3 Å². The second-order valence-corrected chi connectivity index (χ2v) is 3.24. The van der Waals surface area contributed by atoms with Crippen LogP contribution in [0.15, 0.2) is 18.2 Å². The minimum Gasteiger partial charge on any atom is -0.504 e. The SMILES string of the molecule is [CH2]CCCC(=O)Oc1c(O)cccc1C=O. The van der Waals surface area contributed by atoms with E-state index in [1.54, 1.807) is 0 Å². The summed E-state index contributed by atoms with van der Waals surface area (Å²) in [5.41, 5.74) is 0.156. The molecule has 0 spiro atoms. The van der Waals surface area contributed by atoms with Gasteiger partial charge in [0.15, 0.2) is 17.8 Å². The summed E-state index contributed by atoms with van der Waals surface area (Å²) in [6.45, 7) is 3.60. The number of aldehydes is 1. The fourth-order valence-electron chi connectivity index (χ4n) is 1.18. The zero-order valence-electron chi connectivity index (χ0n) is 8.81. The average Bonchev–Trinajstić information content (AvgIpc) is 2.29. The molecule has 0 bridgehead atoms. The fourth-order valence-corrected chi connectivity index (χ4v) is 1.18. The second kappa shape index (κ2) is 5.90. The molecule has 1 aromatic rings. The quantitative estimate of drug-likeness (QED) is 0.470. The first-order chi connectivity index (χ1) is 7.69. The smallest absolute Gasteiger partial charge is 0.311 e. The Labute approximate surface area is 93.9 Å². The Bertz CT molecular complexity index is 385. The van der Waals surface area contributed by atoms with Crippen LogP contribution in [0.4, 0.5) is 0 Å². The normalized spacial score (nSPS) is 9.81. The number of aromatic hydroxyl groups is 1. The molecular formula is C12H13O4. The van der Waals surface area contributed by atoms with Crippen LogP contribution < -0.4 is 4.74 Å². The van der Waals surface area contributed by atoms with Crippen molar-refractivity contribution in [3.05, 3.63) is 30.7 Å². The van der Waals surface area contributed by atoms with Crippen molar-refractivity contribution in [3.63, 3.8) is 0 Å². The van der Waals surface area contributed by atoms with Gasteiger partial charge < -0.3 is 9.84 Å². The van der Waals surface area contributed by atoms with Gasteiger partial charge in [0.25, 0.3) is 0 Å². The van der Waals surface area contributed by atoms with Gasteiger partial charge in [0.2, 0.25) is 0 Å². The number of benzene rings is 1. The van der Waals surface area contributed by atoms with Crippen molar-refractivity contribution in [1.82, 2.24) is 0 Å². The zero-order valence-corrected chi connectivity index (χ0v) is 8.81. The van der Waals surface area contributed by atoms with Crippen molar-refractivity contribution in [3.8, 4) is 11.5 Å². The number of carbonyl (C=O) groups is 2. The Morgan fingerprint density at radius 1 is 1.50 bits per heavy atom. The third-order valence-corrected chi connectivity index (χ3v) is 2.00. The zero-order chi connectivity index (χ0) is 12.0. The molecule has 0 fully saturated rings. The predicted molar refractivity (Wildman–Crippen MR) is 58.3 cm³/mol. The van der Waals surface area contributed by atoms with E-state index >= 15 is 0 Å². The standard InChI is InChI=1S/C12H13O4/c1-2-3-7-11(15)16-12-9(8-13)5-4-6-10(12)14/h4-6,8,14H,1-3,7H2. The summed E-state index contributed by atoms with van der Waals surface area (Å²) in [4.78, 5) is 22.0. The number of phenolic OH excluding ortho intramolecular Hbond substituents is 1. The molecule has 0 saturated heterocycles. The first kappa shape index (κ1) is 12.2. The summed E-state index contributed by atoms with van der Waals surface area (Å²) >= 11 is 0. The number of rotatable bonds is 5. The number of carbonyl (C=O) groups excluding carboxylic acids is 2. The Morgan fingerprint density at radius 2 is 2.25 bits per heavy atom. The van der Waals surface area contributed by atoms with E-state index in [4.69, 9.17) is 4.74 Å². The van der Waals surface area contributed by atoms with Crippen molar-refractivity contribution in [2.75, 3.05) is 0 Å². The number of esters is 1. The summed E-state index contributed by atoms with van der Waals surface area (Å²) < 4.78 is 4.92. The van der Waals surface area contributed by atoms with Crippen LogP contribution in [0, 0.1) is 6.92 Å². The van der Waals surface area contributed by atoms with Gasteiger partial charge in [0.1, 0.15) is 0 Å². The number of phenols is 1. The van der Waals surface area contributed by atoms with E-state index in [0.717, 1.165) is 0 Å². The molecule has 0 aliphatic heterocycles. The molecule has 4 heteroatoms. The highest BCUT2D eigenvalue weighted by Gasteiger charge is 2.12. The molecule has 1 aromatic carbocycles. The summed E-state index contributed by atoms with van der Waals surface area (Å²) in [5, 5.41) is 9.45. The van der Waals surface area contributed by atoms with Crippen LogP contribution in [0.3, 0.4) is 0 Å². The highest BCUT2D eigenvalue weighted by atomic mass is 16.5. The topological polar surface area (TPSA) is 63.6 Å². The molecule has 0 heterocycles. The summed E-state index contributed by atoms with van der Waals surface area (Å²) in [7, 11) is 0. The van der Waals surface area contributed by atoms with Gasteiger partial charge in [0, 0.05) is 6.42 Å². The van der Waals surface area contributed by atoms with Crippen LogP contribution in [-0.4, -0.2) is 17.4 Å². The summed E-state index contributed by atoms with van der Waals surface area (Å²) in [6.07, 6.45) is 2.00. The summed E-state index contributed by atoms with van der Waals surface area (Å²) in [5.74, 6) is -0.771. The lowest BCUT2D eigenvalue weighted by Crippen LogP contribution is -2.09. The largest absolute Gasteiger partial charge is 0.504 e. The first-order valence-corrected chi connectivity index (χ1v) is 4.96. The number of unbranched alkanes of at least 4 members (excludes halogenated alkanes) is 1.